The number of amides is 1. The summed E-state index contributed by atoms with van der Waals surface area (Å²) in [4.78, 5) is 35.7. The zero-order valence-corrected chi connectivity index (χ0v) is 19.4. The van der Waals surface area contributed by atoms with E-state index in [2.05, 4.69) is 11.1 Å². The molecule has 0 radical (unpaired) electrons. The highest BCUT2D eigenvalue weighted by molar-refractivity contribution is 5.95. The first-order valence-corrected chi connectivity index (χ1v) is 11.3. The molecule has 9 heteroatoms. The second-order valence-electron chi connectivity index (χ2n) is 8.43. The number of hydrogen-bond acceptors (Lipinski definition) is 6. The second-order valence-corrected chi connectivity index (χ2v) is 8.43. The number of fused-ring (bicyclic) bond motifs is 2. The van der Waals surface area contributed by atoms with Crippen LogP contribution >= 0.6 is 0 Å². The number of methoxy groups -OCH3 is 1. The fourth-order valence-electron chi connectivity index (χ4n) is 4.37. The lowest BCUT2D eigenvalue weighted by atomic mass is 10.1. The zero-order chi connectivity index (χ0) is 24.5. The molecule has 176 valence electrons. The number of carbonyl (C=O) groups excluding carboxylic acids is 1. The molecule has 35 heavy (non-hydrogen) atoms. The van der Waals surface area contributed by atoms with E-state index in [-0.39, 0.29) is 28.1 Å². The highest BCUT2D eigenvalue weighted by Gasteiger charge is 2.21. The number of nitrogens with zero attached hydrogens (tertiary/aromatic N) is 5. The minimum atomic E-state index is -0.533. The van der Waals surface area contributed by atoms with Crippen molar-refractivity contribution in [2.45, 2.75) is 32.4 Å². The Kier molecular flexibility index (Phi) is 5.89. The Labute approximate surface area is 200 Å². The molecule has 0 aliphatic carbocycles. The number of benzene rings is 1. The van der Waals surface area contributed by atoms with Gasteiger partial charge in [0.2, 0.25) is 0 Å². The molecule has 1 aromatic carbocycles. The molecule has 0 N–H and O–H groups in total. The van der Waals surface area contributed by atoms with Gasteiger partial charge in [0.05, 0.1) is 30.7 Å². The predicted octanol–water partition coefficient (Wildman–Crippen LogP) is 2.76. The molecular formula is C26H23N5O4. The van der Waals surface area contributed by atoms with Crippen molar-refractivity contribution in [1.82, 2.24) is 14.0 Å². The third-order valence-electron chi connectivity index (χ3n) is 6.16. The molecule has 9 nitrogen and oxygen atoms in total. The van der Waals surface area contributed by atoms with E-state index in [1.165, 1.54) is 17.6 Å². The van der Waals surface area contributed by atoms with Crippen LogP contribution in [-0.4, -0.2) is 39.7 Å². The van der Waals surface area contributed by atoms with E-state index in [9.17, 15) is 14.9 Å². The van der Waals surface area contributed by atoms with E-state index in [0.717, 1.165) is 18.4 Å². The predicted molar refractivity (Wildman–Crippen MR) is 128 cm³/mol. The Hall–Kier alpha value is -4.29. The van der Waals surface area contributed by atoms with Crippen LogP contribution in [0.1, 0.15) is 34.3 Å². The molecule has 4 heterocycles. The van der Waals surface area contributed by atoms with E-state index in [0.29, 0.717) is 35.8 Å². The van der Waals surface area contributed by atoms with Crippen LogP contribution in [0.4, 0.5) is 0 Å². The van der Waals surface area contributed by atoms with Crippen molar-refractivity contribution in [3.05, 3.63) is 81.2 Å². The molecule has 1 aliphatic heterocycles. The molecule has 3 aromatic heterocycles. The van der Waals surface area contributed by atoms with Crippen LogP contribution < -0.4 is 15.8 Å². The van der Waals surface area contributed by atoms with Crippen molar-refractivity contribution < 1.29 is 14.3 Å². The number of aromatic nitrogens is 3. The van der Waals surface area contributed by atoms with Crippen LogP contribution in [0, 0.1) is 18.3 Å². The second kappa shape index (κ2) is 9.16. The van der Waals surface area contributed by atoms with Crippen molar-refractivity contribution >= 4 is 22.6 Å². The van der Waals surface area contributed by atoms with Gasteiger partial charge in [-0.25, -0.2) is 4.98 Å². The van der Waals surface area contributed by atoms with Gasteiger partial charge in [0, 0.05) is 18.4 Å². The first-order chi connectivity index (χ1) is 17.0. The van der Waals surface area contributed by atoms with E-state index in [1.807, 2.05) is 13.0 Å². The third-order valence-corrected chi connectivity index (χ3v) is 6.16. The summed E-state index contributed by atoms with van der Waals surface area (Å²) in [6, 6.07) is 13.9. The van der Waals surface area contributed by atoms with Gasteiger partial charge >= 0.3 is 0 Å². The van der Waals surface area contributed by atoms with Crippen LogP contribution in [0.15, 0.2) is 58.4 Å². The van der Waals surface area contributed by atoms with Crippen LogP contribution in [-0.2, 0) is 11.3 Å². The molecule has 5 rings (SSSR count). The quantitative estimate of drug-likeness (QED) is 0.425. The highest BCUT2D eigenvalue weighted by atomic mass is 16.5. The topological polar surface area (TPSA) is 111 Å². The fraction of sp³-hybridized carbons (Fsp3) is 0.269. The molecule has 0 spiro atoms. The van der Waals surface area contributed by atoms with Gasteiger partial charge in [0.25, 0.3) is 11.5 Å². The molecule has 0 saturated carbocycles. The Morgan fingerprint density at radius 1 is 1.29 bits per heavy atom. The average molecular weight is 470 g/mol. The molecule has 1 atom stereocenters. The summed E-state index contributed by atoms with van der Waals surface area (Å²) >= 11 is 0. The van der Waals surface area contributed by atoms with E-state index in [1.54, 1.807) is 41.1 Å². The van der Waals surface area contributed by atoms with Gasteiger partial charge in [0.1, 0.15) is 23.1 Å². The average Bonchev–Trinajstić information content (AvgIpc) is 3.39. The Morgan fingerprint density at radius 2 is 2.14 bits per heavy atom. The number of hydrogen-bond donors (Lipinski definition) is 0. The number of aryl methyl sites for hydroxylation is 1. The number of rotatable bonds is 4. The Bertz CT molecular complexity index is 1640. The maximum absolute atomic E-state index is 13.4. The van der Waals surface area contributed by atoms with E-state index >= 15 is 0 Å². The summed E-state index contributed by atoms with van der Waals surface area (Å²) in [5.74, 6) is -0.0107. The monoisotopic (exact) mass is 469 g/mol. The lowest BCUT2D eigenvalue weighted by molar-refractivity contribution is 0.0952. The summed E-state index contributed by atoms with van der Waals surface area (Å²) in [5.41, 5.74) is 1.96. The normalized spacial score (nSPS) is 16.0. The highest BCUT2D eigenvalue weighted by Crippen LogP contribution is 2.18. The third kappa shape index (κ3) is 4.09. The summed E-state index contributed by atoms with van der Waals surface area (Å²) in [5, 5.41) is 10.2. The molecular weight excluding hydrogens is 446 g/mol. The maximum atomic E-state index is 13.4. The SMILES string of the molecule is COc1cccc(C(=O)N=c2c(C#N)cc3c(=O)n4cccc(C)c4nc3n2CC2CCCO2)c1. The van der Waals surface area contributed by atoms with Gasteiger partial charge in [-0.2, -0.15) is 10.3 Å². The lowest BCUT2D eigenvalue weighted by Gasteiger charge is -2.17. The van der Waals surface area contributed by atoms with Crippen molar-refractivity contribution in [2.75, 3.05) is 13.7 Å². The van der Waals surface area contributed by atoms with Crippen LogP contribution in [0.3, 0.4) is 0 Å². The number of carbonyl (C=O) groups is 1. The van der Waals surface area contributed by atoms with Gasteiger partial charge in [-0.05, 0) is 55.7 Å². The Morgan fingerprint density at radius 3 is 2.89 bits per heavy atom. The number of nitriles is 1. The van der Waals surface area contributed by atoms with Crippen molar-refractivity contribution in [1.29, 1.82) is 5.26 Å². The molecule has 1 saturated heterocycles. The molecule has 1 amide bonds. The minimum Gasteiger partial charge on any atom is -0.497 e. The smallest absolute Gasteiger partial charge is 0.279 e. The molecule has 1 fully saturated rings. The number of ether oxygens (including phenoxy) is 2. The van der Waals surface area contributed by atoms with Gasteiger partial charge in [0.15, 0.2) is 5.49 Å². The fourth-order valence-corrected chi connectivity index (χ4v) is 4.37. The summed E-state index contributed by atoms with van der Waals surface area (Å²) in [6.07, 6.45) is 3.24. The van der Waals surface area contributed by atoms with Gasteiger partial charge in [-0.3, -0.25) is 14.0 Å². The minimum absolute atomic E-state index is 0.109. The van der Waals surface area contributed by atoms with Crippen molar-refractivity contribution in [3.63, 3.8) is 0 Å². The first-order valence-electron chi connectivity index (χ1n) is 11.3. The van der Waals surface area contributed by atoms with E-state index < -0.39 is 5.91 Å². The largest absolute Gasteiger partial charge is 0.497 e. The lowest BCUT2D eigenvalue weighted by Crippen LogP contribution is -2.33. The summed E-state index contributed by atoms with van der Waals surface area (Å²) in [6.45, 7) is 2.82. The van der Waals surface area contributed by atoms with Crippen LogP contribution in [0.2, 0.25) is 0 Å². The van der Waals surface area contributed by atoms with E-state index in [4.69, 9.17) is 14.5 Å². The summed E-state index contributed by atoms with van der Waals surface area (Å²) in [7, 11) is 1.52. The first kappa shape index (κ1) is 22.5. The molecule has 1 unspecified atom stereocenters. The van der Waals surface area contributed by atoms with Crippen LogP contribution in [0.5, 0.6) is 5.75 Å². The van der Waals surface area contributed by atoms with Gasteiger partial charge < -0.3 is 14.0 Å². The molecule has 0 bridgehead atoms. The Balaban J connectivity index is 1.83. The van der Waals surface area contributed by atoms with Crippen molar-refractivity contribution in [3.8, 4) is 11.8 Å². The van der Waals surface area contributed by atoms with Gasteiger partial charge in [-0.15, -0.1) is 0 Å². The molecule has 1 aliphatic rings. The molecule has 4 aromatic rings. The van der Waals surface area contributed by atoms with Crippen LogP contribution in [0.25, 0.3) is 16.7 Å². The summed E-state index contributed by atoms with van der Waals surface area (Å²) < 4.78 is 14.2. The zero-order valence-electron chi connectivity index (χ0n) is 19.4. The van der Waals surface area contributed by atoms with Gasteiger partial charge in [-0.1, -0.05) is 12.1 Å². The van der Waals surface area contributed by atoms with Crippen molar-refractivity contribution in [2.24, 2.45) is 4.99 Å². The standard InChI is InChI=1S/C26H23N5O4/c1-16-6-4-10-30-22(16)28-24-21(26(30)33)13-18(14-27)23(31(24)15-20-9-5-11-35-20)29-25(32)17-7-3-8-19(12-17)34-2/h3-4,6-8,10,12-13,20H,5,9,11,15H2,1-2H3. The number of pyridine rings is 2. The maximum Gasteiger partial charge on any atom is 0.279 e.